The molecule has 1 saturated carbocycles. The second-order valence-corrected chi connectivity index (χ2v) is 8.14. The first-order valence-corrected chi connectivity index (χ1v) is 8.50. The number of rotatable bonds is 7. The molecule has 0 heterocycles. The van der Waals surface area contributed by atoms with E-state index in [-0.39, 0.29) is 11.7 Å². The maximum atomic E-state index is 10.0. The van der Waals surface area contributed by atoms with E-state index in [9.17, 15) is 5.11 Å². The SMILES string of the molecule is CCSC1CCC(N(C)CC(O)COC(C)(C)C)C1. The lowest BCUT2D eigenvalue weighted by atomic mass is 10.2. The van der Waals surface area contributed by atoms with Crippen molar-refractivity contribution < 1.29 is 9.84 Å². The van der Waals surface area contributed by atoms with Crippen LogP contribution in [-0.2, 0) is 4.74 Å². The lowest BCUT2D eigenvalue weighted by molar-refractivity contribution is -0.0567. The molecule has 19 heavy (non-hydrogen) atoms. The number of aliphatic hydroxyl groups excluding tert-OH is 1. The number of hydrogen-bond donors (Lipinski definition) is 1. The van der Waals surface area contributed by atoms with Crippen molar-refractivity contribution in [3.05, 3.63) is 0 Å². The van der Waals surface area contributed by atoms with E-state index in [0.29, 0.717) is 19.2 Å². The minimum absolute atomic E-state index is 0.171. The third kappa shape index (κ3) is 6.98. The van der Waals surface area contributed by atoms with Crippen molar-refractivity contribution in [3.8, 4) is 0 Å². The fourth-order valence-electron chi connectivity index (χ4n) is 2.59. The topological polar surface area (TPSA) is 32.7 Å². The highest BCUT2D eigenvalue weighted by atomic mass is 32.2. The van der Waals surface area contributed by atoms with Gasteiger partial charge in [-0.25, -0.2) is 0 Å². The van der Waals surface area contributed by atoms with Crippen molar-refractivity contribution in [2.24, 2.45) is 0 Å². The van der Waals surface area contributed by atoms with Gasteiger partial charge in [0.05, 0.1) is 18.3 Å². The van der Waals surface area contributed by atoms with Crippen LogP contribution in [0.15, 0.2) is 0 Å². The number of nitrogens with zero attached hydrogens (tertiary/aromatic N) is 1. The molecule has 1 fully saturated rings. The Labute approximate surface area is 123 Å². The highest BCUT2D eigenvalue weighted by Crippen LogP contribution is 2.32. The number of hydrogen-bond acceptors (Lipinski definition) is 4. The van der Waals surface area contributed by atoms with Gasteiger partial charge in [0, 0.05) is 17.8 Å². The summed E-state index contributed by atoms with van der Waals surface area (Å²) < 4.78 is 5.63. The van der Waals surface area contributed by atoms with Gasteiger partial charge in [0.15, 0.2) is 0 Å². The van der Waals surface area contributed by atoms with E-state index >= 15 is 0 Å². The first-order chi connectivity index (χ1) is 8.81. The number of aliphatic hydroxyl groups is 1. The first-order valence-electron chi connectivity index (χ1n) is 7.45. The molecule has 0 spiro atoms. The van der Waals surface area contributed by atoms with Gasteiger partial charge >= 0.3 is 0 Å². The average molecular weight is 289 g/mol. The van der Waals surface area contributed by atoms with Gasteiger partial charge in [-0.1, -0.05) is 6.92 Å². The Morgan fingerprint density at radius 3 is 2.63 bits per heavy atom. The van der Waals surface area contributed by atoms with Crippen LogP contribution in [0.1, 0.15) is 47.0 Å². The van der Waals surface area contributed by atoms with Crippen LogP contribution in [0.3, 0.4) is 0 Å². The Balaban J connectivity index is 2.25. The molecule has 114 valence electrons. The molecule has 0 amide bonds. The minimum Gasteiger partial charge on any atom is -0.389 e. The van der Waals surface area contributed by atoms with Gasteiger partial charge in [0.2, 0.25) is 0 Å². The van der Waals surface area contributed by atoms with Crippen molar-refractivity contribution >= 4 is 11.8 Å². The molecule has 0 aromatic heterocycles. The molecule has 3 unspecified atom stereocenters. The van der Waals surface area contributed by atoms with Crippen LogP contribution in [-0.4, -0.2) is 59.0 Å². The highest BCUT2D eigenvalue weighted by molar-refractivity contribution is 7.99. The molecule has 4 heteroatoms. The fourth-order valence-corrected chi connectivity index (χ4v) is 3.72. The molecule has 3 nitrogen and oxygen atoms in total. The molecule has 1 N–H and O–H groups in total. The van der Waals surface area contributed by atoms with Crippen LogP contribution in [0.2, 0.25) is 0 Å². The van der Waals surface area contributed by atoms with Crippen LogP contribution < -0.4 is 0 Å². The smallest absolute Gasteiger partial charge is 0.0900 e. The number of ether oxygens (including phenoxy) is 1. The first kappa shape index (κ1) is 17.3. The zero-order chi connectivity index (χ0) is 14.5. The molecule has 0 radical (unpaired) electrons. The van der Waals surface area contributed by atoms with E-state index in [1.807, 2.05) is 20.8 Å². The molecule has 0 aromatic rings. The zero-order valence-corrected chi connectivity index (χ0v) is 14.0. The third-order valence-electron chi connectivity index (χ3n) is 3.59. The van der Waals surface area contributed by atoms with Gasteiger partial charge in [0.1, 0.15) is 0 Å². The summed E-state index contributed by atoms with van der Waals surface area (Å²) in [5, 5.41) is 10.9. The zero-order valence-electron chi connectivity index (χ0n) is 13.2. The standard InChI is InChI=1S/C15H31NO2S/c1-6-19-14-8-7-12(9-14)16(5)10-13(17)11-18-15(2,3)4/h12-14,17H,6-11H2,1-5H3. The molecule has 0 bridgehead atoms. The van der Waals surface area contributed by atoms with E-state index < -0.39 is 0 Å². The molecule has 0 saturated heterocycles. The molecule has 1 aliphatic rings. The second kappa shape index (κ2) is 7.87. The Morgan fingerprint density at radius 1 is 1.37 bits per heavy atom. The summed E-state index contributed by atoms with van der Waals surface area (Å²) in [6, 6.07) is 0.633. The molecule has 0 aliphatic heterocycles. The average Bonchev–Trinajstić information content (AvgIpc) is 2.75. The van der Waals surface area contributed by atoms with E-state index in [4.69, 9.17) is 4.74 Å². The normalized spacial score (nSPS) is 26.1. The Morgan fingerprint density at radius 2 is 2.05 bits per heavy atom. The molecular weight excluding hydrogens is 258 g/mol. The molecule has 1 rings (SSSR count). The van der Waals surface area contributed by atoms with E-state index in [0.717, 1.165) is 5.25 Å². The predicted molar refractivity (Wildman–Crippen MR) is 83.9 cm³/mol. The maximum Gasteiger partial charge on any atom is 0.0900 e. The Kier molecular flexibility index (Phi) is 7.15. The van der Waals surface area contributed by atoms with E-state index in [1.165, 1.54) is 25.0 Å². The molecule has 3 atom stereocenters. The van der Waals surface area contributed by atoms with Gasteiger partial charge in [-0.05, 0) is 52.8 Å². The summed E-state index contributed by atoms with van der Waals surface area (Å²) in [5.41, 5.74) is -0.171. The highest BCUT2D eigenvalue weighted by Gasteiger charge is 2.28. The second-order valence-electron chi connectivity index (χ2n) is 6.56. The van der Waals surface area contributed by atoms with Crippen molar-refractivity contribution in [1.29, 1.82) is 0 Å². The predicted octanol–water partition coefficient (Wildman–Crippen LogP) is 2.77. The Hall–Kier alpha value is 0.230. The van der Waals surface area contributed by atoms with Gasteiger partial charge in [-0.2, -0.15) is 11.8 Å². The maximum absolute atomic E-state index is 10.0. The number of likely N-dealkylation sites (N-methyl/N-ethyl adjacent to an activating group) is 1. The molecular formula is C15H31NO2S. The van der Waals surface area contributed by atoms with Gasteiger partial charge in [-0.15, -0.1) is 0 Å². The lowest BCUT2D eigenvalue weighted by Gasteiger charge is -2.28. The summed E-state index contributed by atoms with van der Waals surface area (Å²) in [4.78, 5) is 2.31. The summed E-state index contributed by atoms with van der Waals surface area (Å²) in [7, 11) is 2.13. The third-order valence-corrected chi connectivity index (χ3v) is 4.82. The fraction of sp³-hybridized carbons (Fsp3) is 1.00. The van der Waals surface area contributed by atoms with Gasteiger partial charge in [-0.3, -0.25) is 0 Å². The van der Waals surface area contributed by atoms with Crippen LogP contribution in [0.4, 0.5) is 0 Å². The quantitative estimate of drug-likeness (QED) is 0.781. The van der Waals surface area contributed by atoms with Crippen molar-refractivity contribution in [1.82, 2.24) is 4.90 Å². The van der Waals surface area contributed by atoms with Crippen LogP contribution >= 0.6 is 11.8 Å². The van der Waals surface area contributed by atoms with E-state index in [2.05, 4.69) is 30.6 Å². The summed E-state index contributed by atoms with van der Waals surface area (Å²) in [6.07, 6.45) is 3.47. The van der Waals surface area contributed by atoms with Gasteiger partial charge < -0.3 is 14.7 Å². The van der Waals surface area contributed by atoms with Crippen LogP contribution in [0.25, 0.3) is 0 Å². The summed E-state index contributed by atoms with van der Waals surface area (Å²) >= 11 is 2.08. The largest absolute Gasteiger partial charge is 0.389 e. The minimum atomic E-state index is -0.387. The van der Waals surface area contributed by atoms with Crippen molar-refractivity contribution in [2.75, 3.05) is 26.0 Å². The van der Waals surface area contributed by atoms with Crippen molar-refractivity contribution in [2.45, 2.75) is 70.0 Å². The van der Waals surface area contributed by atoms with Crippen LogP contribution in [0.5, 0.6) is 0 Å². The molecule has 1 aliphatic carbocycles. The monoisotopic (exact) mass is 289 g/mol. The summed E-state index contributed by atoms with van der Waals surface area (Å²) in [5.74, 6) is 1.21. The van der Waals surface area contributed by atoms with E-state index in [1.54, 1.807) is 0 Å². The Bertz CT molecular complexity index is 255. The number of thioether (sulfide) groups is 1. The summed E-state index contributed by atoms with van der Waals surface area (Å²) in [6.45, 7) is 9.43. The lowest BCUT2D eigenvalue weighted by Crippen LogP contribution is -2.39. The molecule has 0 aromatic carbocycles. The van der Waals surface area contributed by atoms with Crippen LogP contribution in [0, 0.1) is 0 Å². The van der Waals surface area contributed by atoms with Crippen molar-refractivity contribution in [3.63, 3.8) is 0 Å². The van der Waals surface area contributed by atoms with Gasteiger partial charge in [0.25, 0.3) is 0 Å².